The van der Waals surface area contributed by atoms with E-state index in [4.69, 9.17) is 11.1 Å². The van der Waals surface area contributed by atoms with Gasteiger partial charge in [0, 0.05) is 24.3 Å². The van der Waals surface area contributed by atoms with Crippen LogP contribution in [0.2, 0.25) is 0 Å². The minimum Gasteiger partial charge on any atom is -0.393 e. The first-order valence-electron chi connectivity index (χ1n) is 6.56. The Balaban J connectivity index is 2.17. The largest absolute Gasteiger partial charge is 0.393 e. The second kappa shape index (κ2) is 5.57. The van der Waals surface area contributed by atoms with Crippen LogP contribution in [-0.4, -0.2) is 30.1 Å². The number of halogens is 1. The summed E-state index contributed by atoms with van der Waals surface area (Å²) in [6.45, 7) is 3.40. The number of nitrogens with zero attached hydrogens (tertiary/aromatic N) is 1. The number of piperidine rings is 1. The van der Waals surface area contributed by atoms with Crippen LogP contribution in [0.1, 0.15) is 25.3 Å². The van der Waals surface area contributed by atoms with E-state index in [-0.39, 0.29) is 17.8 Å². The number of aliphatic hydroxyl groups excluding tert-OH is 1. The van der Waals surface area contributed by atoms with E-state index < -0.39 is 0 Å². The first-order valence-corrected chi connectivity index (χ1v) is 6.56. The van der Waals surface area contributed by atoms with E-state index in [9.17, 15) is 9.50 Å². The standard InChI is InChI=1S/C14H20FN3O/c1-9(19)10-4-6-18(7-5-10)13-3-2-11(15)8-12(13)14(16)17/h2-3,8-10,19H,4-7H2,1H3,(H3,16,17). The van der Waals surface area contributed by atoms with E-state index in [2.05, 4.69) is 4.90 Å². The molecule has 1 aromatic carbocycles. The van der Waals surface area contributed by atoms with Gasteiger partial charge in [0.15, 0.2) is 0 Å². The summed E-state index contributed by atoms with van der Waals surface area (Å²) in [5.74, 6) is -0.183. The third kappa shape index (κ3) is 3.04. The van der Waals surface area contributed by atoms with Crippen molar-refractivity contribution in [3.63, 3.8) is 0 Å². The Kier molecular flexibility index (Phi) is 4.04. The van der Waals surface area contributed by atoms with Crippen molar-refractivity contribution < 1.29 is 9.50 Å². The second-order valence-corrected chi connectivity index (χ2v) is 5.14. The van der Waals surface area contributed by atoms with Crippen molar-refractivity contribution >= 4 is 11.5 Å². The molecule has 0 radical (unpaired) electrons. The maximum absolute atomic E-state index is 13.2. The van der Waals surface area contributed by atoms with Crippen LogP contribution in [-0.2, 0) is 0 Å². The van der Waals surface area contributed by atoms with Gasteiger partial charge in [-0.25, -0.2) is 4.39 Å². The zero-order valence-corrected chi connectivity index (χ0v) is 11.1. The fraction of sp³-hybridized carbons (Fsp3) is 0.500. The molecular weight excluding hydrogens is 245 g/mol. The number of amidine groups is 1. The quantitative estimate of drug-likeness (QED) is 0.575. The molecule has 0 aliphatic carbocycles. The lowest BCUT2D eigenvalue weighted by Crippen LogP contribution is -2.38. The van der Waals surface area contributed by atoms with Gasteiger partial charge in [-0.15, -0.1) is 0 Å². The van der Waals surface area contributed by atoms with E-state index in [0.717, 1.165) is 31.6 Å². The Morgan fingerprint density at radius 3 is 2.63 bits per heavy atom. The molecule has 1 heterocycles. The van der Waals surface area contributed by atoms with Crippen LogP contribution >= 0.6 is 0 Å². The predicted molar refractivity (Wildman–Crippen MR) is 74.0 cm³/mol. The molecule has 4 nitrogen and oxygen atoms in total. The van der Waals surface area contributed by atoms with Gasteiger partial charge in [0.1, 0.15) is 11.7 Å². The zero-order chi connectivity index (χ0) is 14.0. The van der Waals surface area contributed by atoms with Crippen molar-refractivity contribution in [3.05, 3.63) is 29.6 Å². The molecule has 1 fully saturated rings. The highest BCUT2D eigenvalue weighted by atomic mass is 19.1. The van der Waals surface area contributed by atoms with E-state index in [1.807, 2.05) is 6.92 Å². The van der Waals surface area contributed by atoms with Crippen LogP contribution in [0.4, 0.5) is 10.1 Å². The van der Waals surface area contributed by atoms with Crippen molar-refractivity contribution in [2.75, 3.05) is 18.0 Å². The SMILES string of the molecule is CC(O)C1CCN(c2ccc(F)cc2C(=N)N)CC1. The van der Waals surface area contributed by atoms with Gasteiger partial charge in [0.2, 0.25) is 0 Å². The van der Waals surface area contributed by atoms with E-state index in [1.54, 1.807) is 6.07 Å². The number of nitrogen functional groups attached to an aromatic ring is 1. The third-order valence-electron chi connectivity index (χ3n) is 3.81. The molecule has 19 heavy (non-hydrogen) atoms. The van der Waals surface area contributed by atoms with Gasteiger partial charge >= 0.3 is 0 Å². The minimum absolute atomic E-state index is 0.118. The molecule has 104 valence electrons. The molecule has 4 N–H and O–H groups in total. The fourth-order valence-corrected chi connectivity index (χ4v) is 2.62. The van der Waals surface area contributed by atoms with Crippen LogP contribution in [0, 0.1) is 17.1 Å². The third-order valence-corrected chi connectivity index (χ3v) is 3.81. The highest BCUT2D eigenvalue weighted by Gasteiger charge is 2.24. The molecule has 0 saturated carbocycles. The van der Waals surface area contributed by atoms with Crippen molar-refractivity contribution in [1.82, 2.24) is 0 Å². The van der Waals surface area contributed by atoms with E-state index >= 15 is 0 Å². The van der Waals surface area contributed by atoms with Crippen molar-refractivity contribution in [3.8, 4) is 0 Å². The smallest absolute Gasteiger partial charge is 0.125 e. The molecule has 0 bridgehead atoms. The summed E-state index contributed by atoms with van der Waals surface area (Å²) >= 11 is 0. The highest BCUT2D eigenvalue weighted by Crippen LogP contribution is 2.28. The van der Waals surface area contributed by atoms with E-state index in [1.165, 1.54) is 12.1 Å². The number of nitrogens with two attached hydrogens (primary N) is 1. The summed E-state index contributed by atoms with van der Waals surface area (Å²) in [5, 5.41) is 17.1. The van der Waals surface area contributed by atoms with Gasteiger partial charge in [-0.3, -0.25) is 5.41 Å². The lowest BCUT2D eigenvalue weighted by molar-refractivity contribution is 0.110. The molecule has 1 saturated heterocycles. The number of rotatable bonds is 3. The summed E-state index contributed by atoms with van der Waals surface area (Å²) in [7, 11) is 0. The van der Waals surface area contributed by atoms with E-state index in [0.29, 0.717) is 11.5 Å². The van der Waals surface area contributed by atoms with Gasteiger partial charge < -0.3 is 15.7 Å². The molecule has 2 rings (SSSR count). The average Bonchev–Trinajstić information content (AvgIpc) is 2.38. The van der Waals surface area contributed by atoms with Gasteiger partial charge in [0.25, 0.3) is 0 Å². The number of nitrogens with one attached hydrogen (secondary N) is 1. The number of aliphatic hydroxyl groups is 1. The monoisotopic (exact) mass is 265 g/mol. The van der Waals surface area contributed by atoms with Gasteiger partial charge in [-0.2, -0.15) is 0 Å². The molecule has 5 heteroatoms. The molecule has 1 atom stereocenters. The van der Waals surface area contributed by atoms with Crippen molar-refractivity contribution in [2.24, 2.45) is 11.7 Å². The summed E-state index contributed by atoms with van der Waals surface area (Å²) in [6.07, 6.45) is 1.50. The maximum atomic E-state index is 13.2. The zero-order valence-electron chi connectivity index (χ0n) is 11.1. The van der Waals surface area contributed by atoms with Crippen LogP contribution in [0.15, 0.2) is 18.2 Å². The molecular formula is C14H20FN3O. The molecule has 1 unspecified atom stereocenters. The van der Waals surface area contributed by atoms with Gasteiger partial charge in [0.05, 0.1) is 6.10 Å². The molecule has 0 aromatic heterocycles. The van der Waals surface area contributed by atoms with Crippen LogP contribution in [0.3, 0.4) is 0 Å². The molecule has 1 aromatic rings. The summed E-state index contributed by atoms with van der Waals surface area (Å²) in [6, 6.07) is 4.37. The normalized spacial score (nSPS) is 18.4. The number of hydrogen-bond acceptors (Lipinski definition) is 3. The molecule has 1 aliphatic heterocycles. The van der Waals surface area contributed by atoms with Crippen LogP contribution < -0.4 is 10.6 Å². The first kappa shape index (κ1) is 13.8. The van der Waals surface area contributed by atoms with Gasteiger partial charge in [-0.05, 0) is 43.9 Å². The van der Waals surface area contributed by atoms with Crippen molar-refractivity contribution in [2.45, 2.75) is 25.9 Å². The number of benzene rings is 1. The van der Waals surface area contributed by atoms with Crippen molar-refractivity contribution in [1.29, 1.82) is 5.41 Å². The van der Waals surface area contributed by atoms with Crippen LogP contribution in [0.25, 0.3) is 0 Å². The Morgan fingerprint density at radius 2 is 2.11 bits per heavy atom. The fourth-order valence-electron chi connectivity index (χ4n) is 2.62. The Morgan fingerprint density at radius 1 is 1.47 bits per heavy atom. The molecule has 0 amide bonds. The van der Waals surface area contributed by atoms with Crippen LogP contribution in [0.5, 0.6) is 0 Å². The average molecular weight is 265 g/mol. The number of anilines is 1. The summed E-state index contributed by atoms with van der Waals surface area (Å²) in [4.78, 5) is 2.11. The Labute approximate surface area is 112 Å². The number of hydrogen-bond donors (Lipinski definition) is 3. The lowest BCUT2D eigenvalue weighted by Gasteiger charge is -2.35. The predicted octanol–water partition coefficient (Wildman–Crippen LogP) is 1.71. The first-order chi connectivity index (χ1) is 8.99. The molecule has 0 spiro atoms. The summed E-state index contributed by atoms with van der Waals surface area (Å²) < 4.78 is 13.2. The second-order valence-electron chi connectivity index (χ2n) is 5.14. The minimum atomic E-state index is -0.382. The Hall–Kier alpha value is -1.62. The molecule has 1 aliphatic rings. The lowest BCUT2D eigenvalue weighted by atomic mass is 9.91. The highest BCUT2D eigenvalue weighted by molar-refractivity contribution is 6.00. The maximum Gasteiger partial charge on any atom is 0.125 e. The Bertz CT molecular complexity index is 468. The summed E-state index contributed by atoms with van der Waals surface area (Å²) in [5.41, 5.74) is 6.76. The van der Waals surface area contributed by atoms with Gasteiger partial charge in [-0.1, -0.05) is 0 Å². The topological polar surface area (TPSA) is 73.3 Å².